The van der Waals surface area contributed by atoms with Gasteiger partial charge in [0, 0.05) is 29.9 Å². The molecule has 2 aromatic rings. The van der Waals surface area contributed by atoms with Crippen molar-refractivity contribution < 1.29 is 0 Å². The van der Waals surface area contributed by atoms with E-state index in [2.05, 4.69) is 79.8 Å². The molecule has 1 heterocycles. The van der Waals surface area contributed by atoms with E-state index in [0.29, 0.717) is 0 Å². The van der Waals surface area contributed by atoms with Crippen molar-refractivity contribution in [1.29, 1.82) is 0 Å². The Morgan fingerprint density at radius 2 is 1.89 bits per heavy atom. The predicted molar refractivity (Wildman–Crippen MR) is 119 cm³/mol. The predicted octanol–water partition coefficient (Wildman–Crippen LogP) is 5.49. The lowest BCUT2D eigenvalue weighted by atomic mass is 10.0. The van der Waals surface area contributed by atoms with Crippen LogP contribution in [0.4, 0.5) is 5.69 Å². The van der Waals surface area contributed by atoms with E-state index < -0.39 is 0 Å². The molecule has 2 aromatic carbocycles. The molecule has 142 valence electrons. The lowest BCUT2D eigenvalue weighted by Crippen LogP contribution is -2.23. The highest BCUT2D eigenvalue weighted by atomic mass is 32.2. The molecule has 0 atom stereocenters. The topological polar surface area (TPSA) is 41.3 Å². The summed E-state index contributed by atoms with van der Waals surface area (Å²) in [4.78, 5) is 3.56. The van der Waals surface area contributed by atoms with Gasteiger partial charge in [-0.1, -0.05) is 36.8 Å². The molecule has 1 aliphatic heterocycles. The summed E-state index contributed by atoms with van der Waals surface area (Å²) in [5, 5.41) is 9.04. The molecule has 0 bridgehead atoms. The molecule has 1 aliphatic rings. The zero-order valence-electron chi connectivity index (χ0n) is 16.5. The van der Waals surface area contributed by atoms with Gasteiger partial charge in [0.15, 0.2) is 0 Å². The van der Waals surface area contributed by atoms with Gasteiger partial charge in [-0.25, -0.2) is 0 Å². The number of benzene rings is 2. The fraction of sp³-hybridized carbons (Fsp3) is 0.304. The minimum atomic E-state index is 0.946. The third kappa shape index (κ3) is 4.96. The molecule has 0 spiro atoms. The molecule has 0 unspecified atom stereocenters. The van der Waals surface area contributed by atoms with E-state index in [9.17, 15) is 0 Å². The summed E-state index contributed by atoms with van der Waals surface area (Å²) in [7, 11) is 0. The maximum absolute atomic E-state index is 5.72. The number of hydrogen-bond donors (Lipinski definition) is 2. The second-order valence-corrected chi connectivity index (χ2v) is 7.87. The van der Waals surface area contributed by atoms with E-state index in [1.54, 1.807) is 0 Å². The van der Waals surface area contributed by atoms with Crippen molar-refractivity contribution >= 4 is 17.6 Å². The van der Waals surface area contributed by atoms with Gasteiger partial charge in [0.1, 0.15) is 0 Å². The third-order valence-corrected chi connectivity index (χ3v) is 5.56. The summed E-state index contributed by atoms with van der Waals surface area (Å²) in [6.07, 6.45) is 6.39. The number of hydrogen-bond acceptors (Lipinski definition) is 4. The number of nitrogens with zero attached hydrogens (tertiary/aromatic N) is 1. The summed E-state index contributed by atoms with van der Waals surface area (Å²) in [5.41, 5.74) is 7.94. The number of rotatable bonds is 7. The highest BCUT2D eigenvalue weighted by Gasteiger charge is 2.19. The standard InChI is InChI=1S/C23H29N3S/c1-4-17(2)14-25-15-18(3)16-26-11-10-19-8-9-21(13-23(19)26)20-6-5-7-22(12-20)27-24/h5-9,12-15,25H,4,10-11,16,24H2,1-3H3/b17-14+,18-15+. The van der Waals surface area contributed by atoms with Crippen LogP contribution in [0.2, 0.25) is 0 Å². The van der Waals surface area contributed by atoms with Gasteiger partial charge in [0.25, 0.3) is 0 Å². The van der Waals surface area contributed by atoms with Crippen molar-refractivity contribution in [3.05, 3.63) is 71.6 Å². The quantitative estimate of drug-likeness (QED) is 0.624. The van der Waals surface area contributed by atoms with Gasteiger partial charge in [-0.05, 0) is 85.3 Å². The number of anilines is 1. The Labute approximate surface area is 167 Å². The van der Waals surface area contributed by atoms with Crippen LogP contribution in [0, 0.1) is 0 Å². The number of fused-ring (bicyclic) bond motifs is 1. The number of allylic oxidation sites excluding steroid dienone is 1. The second-order valence-electron chi connectivity index (χ2n) is 7.16. The van der Waals surface area contributed by atoms with E-state index in [1.165, 1.54) is 45.5 Å². The SMILES string of the molecule is CC/C(C)=C/N/C=C(\C)CN1CCc2ccc(-c3cccc(SN)c3)cc21. The van der Waals surface area contributed by atoms with Gasteiger partial charge in [-0.15, -0.1) is 0 Å². The molecule has 27 heavy (non-hydrogen) atoms. The van der Waals surface area contributed by atoms with E-state index in [-0.39, 0.29) is 0 Å². The first-order valence-corrected chi connectivity index (χ1v) is 10.4. The maximum Gasteiger partial charge on any atom is 0.0408 e. The Kier molecular flexibility index (Phi) is 6.64. The van der Waals surface area contributed by atoms with Crippen LogP contribution in [-0.2, 0) is 6.42 Å². The van der Waals surface area contributed by atoms with Gasteiger partial charge in [0.2, 0.25) is 0 Å². The molecule has 4 heteroatoms. The average Bonchev–Trinajstić information content (AvgIpc) is 3.09. The van der Waals surface area contributed by atoms with Crippen LogP contribution < -0.4 is 15.4 Å². The fourth-order valence-electron chi connectivity index (χ4n) is 3.31. The Morgan fingerprint density at radius 1 is 1.11 bits per heavy atom. The average molecular weight is 380 g/mol. The second kappa shape index (κ2) is 9.16. The molecule has 0 radical (unpaired) electrons. The molecule has 3 nitrogen and oxygen atoms in total. The normalized spacial score (nSPS) is 14.4. The maximum atomic E-state index is 5.72. The Balaban J connectivity index is 1.76. The first-order chi connectivity index (χ1) is 13.1. The van der Waals surface area contributed by atoms with Gasteiger partial charge in [-0.2, -0.15) is 0 Å². The zero-order valence-corrected chi connectivity index (χ0v) is 17.3. The lowest BCUT2D eigenvalue weighted by molar-refractivity contribution is 0.872. The van der Waals surface area contributed by atoms with Crippen molar-refractivity contribution in [2.75, 3.05) is 18.0 Å². The Bertz CT molecular complexity index is 854. The van der Waals surface area contributed by atoms with Gasteiger partial charge < -0.3 is 10.2 Å². The van der Waals surface area contributed by atoms with E-state index >= 15 is 0 Å². The molecule has 0 amide bonds. The molecule has 0 saturated carbocycles. The van der Waals surface area contributed by atoms with Crippen molar-refractivity contribution in [2.45, 2.75) is 38.5 Å². The molecule has 3 rings (SSSR count). The van der Waals surface area contributed by atoms with Crippen molar-refractivity contribution in [1.82, 2.24) is 5.32 Å². The zero-order chi connectivity index (χ0) is 19.2. The molecule has 0 aromatic heterocycles. The van der Waals surface area contributed by atoms with Gasteiger partial charge in [0.05, 0.1) is 0 Å². The summed E-state index contributed by atoms with van der Waals surface area (Å²) in [6.45, 7) is 8.52. The minimum absolute atomic E-state index is 0.946. The van der Waals surface area contributed by atoms with Crippen molar-refractivity contribution in [2.24, 2.45) is 5.14 Å². The Hall–Kier alpha value is -2.17. The van der Waals surface area contributed by atoms with Crippen LogP contribution in [0.1, 0.15) is 32.8 Å². The fourth-order valence-corrected chi connectivity index (χ4v) is 3.67. The molecule has 0 fully saturated rings. The van der Waals surface area contributed by atoms with E-state index in [4.69, 9.17) is 5.14 Å². The first-order valence-electron chi connectivity index (χ1n) is 9.53. The number of nitrogens with one attached hydrogen (secondary N) is 1. The summed E-state index contributed by atoms with van der Waals surface area (Å²) < 4.78 is 0. The Morgan fingerprint density at radius 3 is 2.67 bits per heavy atom. The molecular formula is C23H29N3S. The van der Waals surface area contributed by atoms with Crippen molar-refractivity contribution in [3.63, 3.8) is 0 Å². The lowest BCUT2D eigenvalue weighted by Gasteiger charge is -2.20. The van der Waals surface area contributed by atoms with Crippen LogP contribution in [0.3, 0.4) is 0 Å². The third-order valence-electron chi connectivity index (χ3n) is 5.04. The summed E-state index contributed by atoms with van der Waals surface area (Å²) in [6, 6.07) is 15.2. The van der Waals surface area contributed by atoms with Crippen molar-refractivity contribution in [3.8, 4) is 11.1 Å². The monoisotopic (exact) mass is 379 g/mol. The highest BCUT2D eigenvalue weighted by Crippen LogP contribution is 2.34. The van der Waals surface area contributed by atoms with Crippen LogP contribution in [0.5, 0.6) is 0 Å². The van der Waals surface area contributed by atoms with Gasteiger partial charge >= 0.3 is 0 Å². The molecular weight excluding hydrogens is 350 g/mol. The van der Waals surface area contributed by atoms with Crippen LogP contribution in [-0.4, -0.2) is 13.1 Å². The summed E-state index contributed by atoms with van der Waals surface area (Å²) >= 11 is 1.29. The van der Waals surface area contributed by atoms with E-state index in [0.717, 1.165) is 30.8 Å². The van der Waals surface area contributed by atoms with E-state index in [1.807, 2.05) is 6.07 Å². The van der Waals surface area contributed by atoms with Crippen LogP contribution >= 0.6 is 11.9 Å². The molecule has 0 saturated heterocycles. The minimum Gasteiger partial charge on any atom is -0.368 e. The summed E-state index contributed by atoms with van der Waals surface area (Å²) in [5.74, 6) is 0. The van der Waals surface area contributed by atoms with Gasteiger partial charge in [-0.3, -0.25) is 5.14 Å². The van der Waals surface area contributed by atoms with Crippen LogP contribution in [0.25, 0.3) is 11.1 Å². The highest BCUT2D eigenvalue weighted by molar-refractivity contribution is 7.97. The first kappa shape index (κ1) is 19.6. The molecule has 0 aliphatic carbocycles. The largest absolute Gasteiger partial charge is 0.368 e. The molecule has 3 N–H and O–H groups in total. The smallest absolute Gasteiger partial charge is 0.0408 e. The van der Waals surface area contributed by atoms with Crippen LogP contribution in [0.15, 0.2) is 70.9 Å². The number of nitrogens with two attached hydrogens (primary N) is 1.